The molecule has 0 amide bonds. The molecule has 0 saturated heterocycles. The highest BCUT2D eigenvalue weighted by Crippen LogP contribution is 2.32. The van der Waals surface area contributed by atoms with Gasteiger partial charge in [-0.2, -0.15) is 0 Å². The maximum Gasteiger partial charge on any atom is 0.336 e. The lowest BCUT2D eigenvalue weighted by molar-refractivity contribution is 0.379. The van der Waals surface area contributed by atoms with Crippen molar-refractivity contribution in [2.75, 3.05) is 12.4 Å². The van der Waals surface area contributed by atoms with Gasteiger partial charge >= 0.3 is 5.63 Å². The fourth-order valence-electron chi connectivity index (χ4n) is 3.23. The van der Waals surface area contributed by atoms with Gasteiger partial charge in [0.15, 0.2) is 11.5 Å². The van der Waals surface area contributed by atoms with Gasteiger partial charge in [0.2, 0.25) is 0 Å². The molecule has 6 nitrogen and oxygen atoms in total. The molecular formula is C24H21NO5. The zero-order valence-electron chi connectivity index (χ0n) is 16.6. The average molecular weight is 403 g/mol. The van der Waals surface area contributed by atoms with Crippen molar-refractivity contribution in [2.45, 2.75) is 13.5 Å². The van der Waals surface area contributed by atoms with Crippen LogP contribution in [0.2, 0.25) is 0 Å². The number of phenolic OH excluding ortho intramolecular Hbond substituents is 1. The van der Waals surface area contributed by atoms with Crippen LogP contribution in [0.1, 0.15) is 11.1 Å². The molecule has 1 heterocycles. The third-order valence-electron chi connectivity index (χ3n) is 4.85. The van der Waals surface area contributed by atoms with Gasteiger partial charge in [0.05, 0.1) is 7.11 Å². The Kier molecular flexibility index (Phi) is 5.30. The number of phenols is 1. The van der Waals surface area contributed by atoms with Crippen LogP contribution in [0, 0.1) is 6.92 Å². The van der Waals surface area contributed by atoms with E-state index in [-0.39, 0.29) is 5.75 Å². The molecule has 0 fully saturated rings. The molecule has 0 aliphatic rings. The summed E-state index contributed by atoms with van der Waals surface area (Å²) in [5.74, 6) is 2.08. The SMILES string of the molecule is COc1ccccc1Oc1ccc(NCc2cc(=O)oc3c(C)c(O)ccc23)cc1. The second-order valence-electron chi connectivity index (χ2n) is 6.81. The fraction of sp³-hybridized carbons (Fsp3) is 0.125. The quantitative estimate of drug-likeness (QED) is 0.430. The molecule has 0 spiro atoms. The summed E-state index contributed by atoms with van der Waals surface area (Å²) in [6.45, 7) is 2.15. The molecule has 152 valence electrons. The van der Waals surface area contributed by atoms with Crippen molar-refractivity contribution in [3.05, 3.63) is 88.3 Å². The predicted molar refractivity (Wildman–Crippen MR) is 116 cm³/mol. The van der Waals surface area contributed by atoms with Gasteiger partial charge in [-0.25, -0.2) is 4.79 Å². The topological polar surface area (TPSA) is 80.9 Å². The highest BCUT2D eigenvalue weighted by Gasteiger charge is 2.11. The minimum absolute atomic E-state index is 0.0985. The lowest BCUT2D eigenvalue weighted by Crippen LogP contribution is -2.06. The Morgan fingerprint density at radius 3 is 2.47 bits per heavy atom. The third kappa shape index (κ3) is 3.93. The number of aryl methyl sites for hydroxylation is 1. The van der Waals surface area contributed by atoms with E-state index in [9.17, 15) is 9.90 Å². The maximum absolute atomic E-state index is 11.9. The summed E-state index contributed by atoms with van der Waals surface area (Å²) in [5, 5.41) is 14.0. The Balaban J connectivity index is 1.51. The number of para-hydroxylation sites is 2. The van der Waals surface area contributed by atoms with Crippen molar-refractivity contribution in [3.8, 4) is 23.0 Å². The molecular weight excluding hydrogens is 382 g/mol. The van der Waals surface area contributed by atoms with E-state index in [1.807, 2.05) is 48.5 Å². The van der Waals surface area contributed by atoms with E-state index < -0.39 is 5.63 Å². The molecule has 2 N–H and O–H groups in total. The number of nitrogens with one attached hydrogen (secondary N) is 1. The third-order valence-corrected chi connectivity index (χ3v) is 4.85. The molecule has 6 heteroatoms. The smallest absolute Gasteiger partial charge is 0.336 e. The van der Waals surface area contributed by atoms with Crippen LogP contribution in [0.5, 0.6) is 23.0 Å². The molecule has 0 atom stereocenters. The summed E-state index contributed by atoms with van der Waals surface area (Å²) in [4.78, 5) is 11.9. The van der Waals surface area contributed by atoms with Crippen LogP contribution in [0.3, 0.4) is 0 Å². The summed E-state index contributed by atoms with van der Waals surface area (Å²) >= 11 is 0. The largest absolute Gasteiger partial charge is 0.508 e. The van der Waals surface area contributed by atoms with Gasteiger partial charge in [-0.05, 0) is 61.0 Å². The molecule has 3 aromatic carbocycles. The van der Waals surface area contributed by atoms with Gasteiger partial charge in [-0.15, -0.1) is 0 Å². The Morgan fingerprint density at radius 2 is 1.73 bits per heavy atom. The Labute approximate surface area is 173 Å². The standard InChI is InChI=1S/C24H21NO5/c1-15-20(26)12-11-19-16(13-23(27)30-24(15)19)14-25-17-7-9-18(10-8-17)29-22-6-4-3-5-21(22)28-2/h3-13,25-26H,14H2,1-2H3. The Morgan fingerprint density at radius 1 is 1.00 bits per heavy atom. The van der Waals surface area contributed by atoms with Crippen LogP contribution in [0.25, 0.3) is 11.0 Å². The zero-order chi connectivity index (χ0) is 21.1. The lowest BCUT2D eigenvalue weighted by Gasteiger charge is -2.12. The summed E-state index contributed by atoms with van der Waals surface area (Å²) in [5.41, 5.74) is 2.16. The molecule has 30 heavy (non-hydrogen) atoms. The summed E-state index contributed by atoms with van der Waals surface area (Å²) < 4.78 is 16.5. The van der Waals surface area contributed by atoms with Crippen LogP contribution >= 0.6 is 0 Å². The summed E-state index contributed by atoms with van der Waals surface area (Å²) in [6.07, 6.45) is 0. The number of hydrogen-bond acceptors (Lipinski definition) is 6. The zero-order valence-corrected chi connectivity index (χ0v) is 16.6. The van der Waals surface area contributed by atoms with Crippen LogP contribution in [-0.2, 0) is 6.54 Å². The molecule has 1 aromatic heterocycles. The summed E-state index contributed by atoms with van der Waals surface area (Å²) in [7, 11) is 1.60. The number of benzene rings is 3. The number of rotatable bonds is 6. The molecule has 0 radical (unpaired) electrons. The first-order valence-corrected chi connectivity index (χ1v) is 9.45. The highest BCUT2D eigenvalue weighted by molar-refractivity contribution is 5.85. The number of aromatic hydroxyl groups is 1. The molecule has 0 aliphatic carbocycles. The molecule has 4 rings (SSSR count). The van der Waals surface area contributed by atoms with Crippen LogP contribution in [0.15, 0.2) is 75.9 Å². The second-order valence-corrected chi connectivity index (χ2v) is 6.81. The van der Waals surface area contributed by atoms with E-state index in [1.54, 1.807) is 26.2 Å². The van der Waals surface area contributed by atoms with E-state index in [0.717, 1.165) is 16.6 Å². The minimum atomic E-state index is -0.450. The number of anilines is 1. The Bertz CT molecular complexity index is 1240. The second kappa shape index (κ2) is 8.21. The van der Waals surface area contributed by atoms with Crippen LogP contribution in [0.4, 0.5) is 5.69 Å². The number of fused-ring (bicyclic) bond motifs is 1. The first-order chi connectivity index (χ1) is 14.5. The molecule has 4 aromatic rings. The van der Waals surface area contributed by atoms with Crippen molar-refractivity contribution in [2.24, 2.45) is 0 Å². The number of ether oxygens (including phenoxy) is 2. The Hall–Kier alpha value is -3.93. The van der Waals surface area contributed by atoms with Gasteiger partial charge in [0.25, 0.3) is 0 Å². The lowest BCUT2D eigenvalue weighted by atomic mass is 10.1. The molecule has 0 aliphatic heterocycles. The van der Waals surface area contributed by atoms with Gasteiger partial charge in [0.1, 0.15) is 17.1 Å². The first-order valence-electron chi connectivity index (χ1n) is 9.45. The van der Waals surface area contributed by atoms with Crippen LogP contribution in [-0.4, -0.2) is 12.2 Å². The minimum Gasteiger partial charge on any atom is -0.508 e. The van der Waals surface area contributed by atoms with E-state index in [1.165, 1.54) is 6.07 Å². The first kappa shape index (κ1) is 19.4. The van der Waals surface area contributed by atoms with Crippen molar-refractivity contribution in [1.82, 2.24) is 0 Å². The highest BCUT2D eigenvalue weighted by atomic mass is 16.5. The van der Waals surface area contributed by atoms with Gasteiger partial charge in [0, 0.05) is 29.2 Å². The van der Waals surface area contributed by atoms with E-state index in [0.29, 0.717) is 34.9 Å². The maximum atomic E-state index is 11.9. The fourth-order valence-corrected chi connectivity index (χ4v) is 3.23. The van der Waals surface area contributed by atoms with Crippen molar-refractivity contribution in [3.63, 3.8) is 0 Å². The van der Waals surface area contributed by atoms with Crippen LogP contribution < -0.4 is 20.4 Å². The van der Waals surface area contributed by atoms with Crippen molar-refractivity contribution in [1.29, 1.82) is 0 Å². The normalized spacial score (nSPS) is 10.7. The molecule has 0 saturated carbocycles. The van der Waals surface area contributed by atoms with E-state index >= 15 is 0 Å². The predicted octanol–water partition coefficient (Wildman–Crippen LogP) is 5.22. The van der Waals surface area contributed by atoms with E-state index in [4.69, 9.17) is 13.9 Å². The van der Waals surface area contributed by atoms with Gasteiger partial charge in [-0.1, -0.05) is 12.1 Å². The summed E-state index contributed by atoms with van der Waals surface area (Å²) in [6, 6.07) is 19.8. The van der Waals surface area contributed by atoms with Crippen molar-refractivity contribution < 1.29 is 19.0 Å². The monoisotopic (exact) mass is 403 g/mol. The van der Waals surface area contributed by atoms with Gasteiger partial charge < -0.3 is 24.3 Å². The average Bonchev–Trinajstić information content (AvgIpc) is 2.76. The van der Waals surface area contributed by atoms with E-state index in [2.05, 4.69) is 5.32 Å². The molecule has 0 unspecified atom stereocenters. The van der Waals surface area contributed by atoms with Crippen molar-refractivity contribution >= 4 is 16.7 Å². The van der Waals surface area contributed by atoms with Gasteiger partial charge in [-0.3, -0.25) is 0 Å². The number of hydrogen-bond donors (Lipinski definition) is 2. The number of methoxy groups -OCH3 is 1. The molecule has 0 bridgehead atoms.